The SMILES string of the molecule is Cc1cccc(OC(C)C(=O)NCc2ccc(OC3CCN(C)CC3)cc2)c1C. The Bertz CT molecular complexity index is 811. The fraction of sp³-hybridized carbons (Fsp3) is 0.458. The number of rotatable bonds is 7. The first kappa shape index (κ1) is 21.2. The Labute approximate surface area is 174 Å². The van der Waals surface area contributed by atoms with Crippen LogP contribution in [-0.2, 0) is 11.3 Å². The van der Waals surface area contributed by atoms with Crippen molar-refractivity contribution in [2.24, 2.45) is 0 Å². The molecule has 0 saturated carbocycles. The molecule has 1 fully saturated rings. The monoisotopic (exact) mass is 396 g/mol. The van der Waals surface area contributed by atoms with Crippen LogP contribution in [0.2, 0.25) is 0 Å². The number of aryl methyl sites for hydroxylation is 1. The molecule has 0 aliphatic carbocycles. The third kappa shape index (κ3) is 5.97. The molecule has 1 aliphatic heterocycles. The summed E-state index contributed by atoms with van der Waals surface area (Å²) in [5.74, 6) is 1.52. The van der Waals surface area contributed by atoms with Crippen LogP contribution in [0.5, 0.6) is 11.5 Å². The van der Waals surface area contributed by atoms with Crippen LogP contribution in [0.1, 0.15) is 36.5 Å². The molecule has 156 valence electrons. The van der Waals surface area contributed by atoms with Crippen molar-refractivity contribution >= 4 is 5.91 Å². The zero-order valence-corrected chi connectivity index (χ0v) is 17.9. The molecule has 5 heteroatoms. The van der Waals surface area contributed by atoms with Gasteiger partial charge in [-0.25, -0.2) is 0 Å². The minimum Gasteiger partial charge on any atom is -0.490 e. The van der Waals surface area contributed by atoms with E-state index in [0.717, 1.165) is 54.1 Å². The molecule has 1 amide bonds. The van der Waals surface area contributed by atoms with E-state index in [-0.39, 0.29) is 5.91 Å². The molecule has 1 unspecified atom stereocenters. The van der Waals surface area contributed by atoms with E-state index in [1.165, 1.54) is 0 Å². The van der Waals surface area contributed by atoms with Crippen LogP contribution in [0.15, 0.2) is 42.5 Å². The Balaban J connectivity index is 1.46. The van der Waals surface area contributed by atoms with Crippen molar-refractivity contribution in [1.29, 1.82) is 0 Å². The van der Waals surface area contributed by atoms with Gasteiger partial charge in [-0.1, -0.05) is 24.3 Å². The fourth-order valence-corrected chi connectivity index (χ4v) is 3.41. The lowest BCUT2D eigenvalue weighted by atomic mass is 10.1. The summed E-state index contributed by atoms with van der Waals surface area (Å²) in [6.45, 7) is 8.44. The summed E-state index contributed by atoms with van der Waals surface area (Å²) < 4.78 is 11.9. The van der Waals surface area contributed by atoms with Crippen molar-refractivity contribution in [2.45, 2.75) is 52.4 Å². The lowest BCUT2D eigenvalue weighted by molar-refractivity contribution is -0.127. The Hall–Kier alpha value is -2.53. The predicted octanol–water partition coefficient (Wildman–Crippen LogP) is 3.86. The molecule has 2 aromatic rings. The molecule has 1 aliphatic rings. The van der Waals surface area contributed by atoms with E-state index in [1.807, 2.05) is 56.3 Å². The number of ether oxygens (including phenoxy) is 2. The van der Waals surface area contributed by atoms with E-state index in [1.54, 1.807) is 6.92 Å². The normalized spacial score (nSPS) is 16.3. The van der Waals surface area contributed by atoms with Gasteiger partial charge in [-0.15, -0.1) is 0 Å². The van der Waals surface area contributed by atoms with E-state index in [4.69, 9.17) is 9.47 Å². The molecule has 1 saturated heterocycles. The number of hydrogen-bond donors (Lipinski definition) is 1. The first-order valence-corrected chi connectivity index (χ1v) is 10.4. The smallest absolute Gasteiger partial charge is 0.261 e. The van der Waals surface area contributed by atoms with Gasteiger partial charge in [-0.3, -0.25) is 4.79 Å². The number of likely N-dealkylation sites (tertiary alicyclic amines) is 1. The van der Waals surface area contributed by atoms with Crippen molar-refractivity contribution in [2.75, 3.05) is 20.1 Å². The summed E-state index contributed by atoms with van der Waals surface area (Å²) in [6.07, 6.45) is 1.86. The van der Waals surface area contributed by atoms with E-state index in [0.29, 0.717) is 12.6 Å². The largest absolute Gasteiger partial charge is 0.490 e. The zero-order chi connectivity index (χ0) is 20.8. The highest BCUT2D eigenvalue weighted by Crippen LogP contribution is 2.22. The van der Waals surface area contributed by atoms with Crippen molar-refractivity contribution in [3.05, 3.63) is 59.2 Å². The van der Waals surface area contributed by atoms with E-state index >= 15 is 0 Å². The van der Waals surface area contributed by atoms with Gasteiger partial charge in [0.15, 0.2) is 6.10 Å². The van der Waals surface area contributed by atoms with E-state index in [2.05, 4.69) is 17.3 Å². The second kappa shape index (κ2) is 9.79. The van der Waals surface area contributed by atoms with Gasteiger partial charge >= 0.3 is 0 Å². The number of piperidine rings is 1. The summed E-state index contributed by atoms with van der Waals surface area (Å²) >= 11 is 0. The predicted molar refractivity (Wildman–Crippen MR) is 115 cm³/mol. The van der Waals surface area contributed by atoms with Gasteiger partial charge in [-0.05, 0) is 75.5 Å². The van der Waals surface area contributed by atoms with Crippen LogP contribution >= 0.6 is 0 Å². The number of hydrogen-bond acceptors (Lipinski definition) is 4. The average molecular weight is 397 g/mol. The Morgan fingerprint density at radius 2 is 1.83 bits per heavy atom. The number of benzene rings is 2. The van der Waals surface area contributed by atoms with E-state index in [9.17, 15) is 4.79 Å². The molecular weight excluding hydrogens is 364 g/mol. The first-order valence-electron chi connectivity index (χ1n) is 10.4. The van der Waals surface area contributed by atoms with Gasteiger partial charge in [0.1, 0.15) is 17.6 Å². The molecular formula is C24H32N2O3. The maximum absolute atomic E-state index is 12.4. The van der Waals surface area contributed by atoms with E-state index < -0.39 is 6.10 Å². The van der Waals surface area contributed by atoms with Gasteiger partial charge < -0.3 is 19.7 Å². The quantitative estimate of drug-likeness (QED) is 0.772. The first-order chi connectivity index (χ1) is 13.9. The Morgan fingerprint density at radius 3 is 2.52 bits per heavy atom. The van der Waals surface area contributed by atoms with Crippen LogP contribution in [-0.4, -0.2) is 43.2 Å². The average Bonchev–Trinajstić information content (AvgIpc) is 2.72. The second-order valence-electron chi connectivity index (χ2n) is 7.94. The minimum atomic E-state index is -0.553. The van der Waals surface area contributed by atoms with Gasteiger partial charge in [-0.2, -0.15) is 0 Å². The molecule has 5 nitrogen and oxygen atoms in total. The summed E-state index contributed by atoms with van der Waals surface area (Å²) in [7, 11) is 2.15. The van der Waals surface area contributed by atoms with Gasteiger partial charge in [0.25, 0.3) is 5.91 Å². The van der Waals surface area contributed by atoms with Gasteiger partial charge in [0, 0.05) is 19.6 Å². The molecule has 0 radical (unpaired) electrons. The molecule has 0 aromatic heterocycles. The number of nitrogens with zero attached hydrogens (tertiary/aromatic N) is 1. The van der Waals surface area contributed by atoms with Crippen LogP contribution in [0, 0.1) is 13.8 Å². The number of amides is 1. The second-order valence-corrected chi connectivity index (χ2v) is 7.94. The third-order valence-corrected chi connectivity index (χ3v) is 5.59. The van der Waals surface area contributed by atoms with Gasteiger partial charge in [0.05, 0.1) is 0 Å². The molecule has 0 bridgehead atoms. The van der Waals surface area contributed by atoms with Crippen molar-refractivity contribution in [1.82, 2.24) is 10.2 Å². The van der Waals surface area contributed by atoms with Crippen LogP contribution < -0.4 is 14.8 Å². The highest BCUT2D eigenvalue weighted by atomic mass is 16.5. The third-order valence-electron chi connectivity index (χ3n) is 5.59. The zero-order valence-electron chi connectivity index (χ0n) is 17.9. The highest BCUT2D eigenvalue weighted by Gasteiger charge is 2.18. The van der Waals surface area contributed by atoms with Crippen LogP contribution in [0.4, 0.5) is 0 Å². The maximum Gasteiger partial charge on any atom is 0.261 e. The molecule has 2 aromatic carbocycles. The Kier molecular flexibility index (Phi) is 7.15. The van der Waals surface area contributed by atoms with Crippen molar-refractivity contribution < 1.29 is 14.3 Å². The number of nitrogens with one attached hydrogen (secondary N) is 1. The lowest BCUT2D eigenvalue weighted by Gasteiger charge is -2.29. The van der Waals surface area contributed by atoms with Crippen molar-refractivity contribution in [3.8, 4) is 11.5 Å². The summed E-state index contributed by atoms with van der Waals surface area (Å²) in [5.41, 5.74) is 3.25. The molecule has 1 N–H and O–H groups in total. The number of carbonyl (C=O) groups excluding carboxylic acids is 1. The number of carbonyl (C=O) groups is 1. The standard InChI is InChI=1S/C24H32N2O3/c1-17-6-5-7-23(18(17)2)28-19(3)24(27)25-16-20-8-10-21(11-9-20)29-22-12-14-26(4)15-13-22/h5-11,19,22H,12-16H2,1-4H3,(H,25,27). The van der Waals surface area contributed by atoms with Crippen LogP contribution in [0.3, 0.4) is 0 Å². The maximum atomic E-state index is 12.4. The summed E-state index contributed by atoms with van der Waals surface area (Å²) in [4.78, 5) is 14.7. The minimum absolute atomic E-state index is 0.127. The van der Waals surface area contributed by atoms with Gasteiger partial charge in [0.2, 0.25) is 0 Å². The molecule has 1 heterocycles. The van der Waals surface area contributed by atoms with Crippen LogP contribution in [0.25, 0.3) is 0 Å². The topological polar surface area (TPSA) is 50.8 Å². The molecule has 1 atom stereocenters. The lowest BCUT2D eigenvalue weighted by Crippen LogP contribution is -2.36. The molecule has 29 heavy (non-hydrogen) atoms. The molecule has 3 rings (SSSR count). The highest BCUT2D eigenvalue weighted by molar-refractivity contribution is 5.80. The fourth-order valence-electron chi connectivity index (χ4n) is 3.41. The summed E-state index contributed by atoms with van der Waals surface area (Å²) in [6, 6.07) is 13.8. The Morgan fingerprint density at radius 1 is 1.14 bits per heavy atom. The summed E-state index contributed by atoms with van der Waals surface area (Å²) in [5, 5.41) is 2.95. The van der Waals surface area contributed by atoms with Crippen molar-refractivity contribution in [3.63, 3.8) is 0 Å². The molecule has 0 spiro atoms.